The Labute approximate surface area is 217 Å². The SMILES string of the molecule is O=C(c1ccc(C(F)(F)F)cn1)C1CC2COCC(C1)N2C(=O)OCC1c2ccccc2-c2ccccc21. The van der Waals surface area contributed by atoms with Crippen molar-refractivity contribution in [3.63, 3.8) is 0 Å². The van der Waals surface area contributed by atoms with Crippen LogP contribution in [0.25, 0.3) is 11.1 Å². The van der Waals surface area contributed by atoms with Crippen LogP contribution in [0.1, 0.15) is 45.9 Å². The number of alkyl halides is 3. The van der Waals surface area contributed by atoms with Crippen molar-refractivity contribution in [1.82, 2.24) is 9.88 Å². The van der Waals surface area contributed by atoms with E-state index in [1.165, 1.54) is 0 Å². The highest BCUT2D eigenvalue weighted by molar-refractivity contribution is 5.96. The van der Waals surface area contributed by atoms with Crippen LogP contribution in [0, 0.1) is 5.92 Å². The van der Waals surface area contributed by atoms with E-state index < -0.39 is 23.8 Å². The molecule has 0 radical (unpaired) electrons. The van der Waals surface area contributed by atoms with Gasteiger partial charge in [-0.3, -0.25) is 14.7 Å². The Morgan fingerprint density at radius 2 is 1.53 bits per heavy atom. The molecule has 2 fully saturated rings. The van der Waals surface area contributed by atoms with Crippen LogP contribution in [0.4, 0.5) is 18.0 Å². The second-order valence-electron chi connectivity index (χ2n) is 10.0. The third-order valence-electron chi connectivity index (χ3n) is 7.78. The van der Waals surface area contributed by atoms with Crippen molar-refractivity contribution < 1.29 is 32.2 Å². The second-order valence-corrected chi connectivity index (χ2v) is 10.0. The Bertz CT molecular complexity index is 1320. The standard InChI is InChI=1S/C29H25F3N2O4/c30-29(31,32)18-9-10-26(33-13-18)27(35)17-11-19-14-37-15-20(12-17)34(19)28(36)38-16-25-23-7-3-1-5-21(23)22-6-2-4-8-24(22)25/h1-10,13,17,19-20,25H,11-12,14-16H2. The zero-order valence-electron chi connectivity index (χ0n) is 20.4. The number of morpholine rings is 1. The van der Waals surface area contributed by atoms with Crippen LogP contribution in [0.3, 0.4) is 0 Å². The second kappa shape index (κ2) is 9.54. The summed E-state index contributed by atoms with van der Waals surface area (Å²) in [4.78, 5) is 31.9. The van der Waals surface area contributed by atoms with E-state index >= 15 is 0 Å². The topological polar surface area (TPSA) is 68.7 Å². The molecular formula is C29H25F3N2O4. The Morgan fingerprint density at radius 1 is 0.921 bits per heavy atom. The molecule has 0 spiro atoms. The Morgan fingerprint density at radius 3 is 2.08 bits per heavy atom. The first-order valence-electron chi connectivity index (χ1n) is 12.6. The molecule has 9 heteroatoms. The first-order valence-corrected chi connectivity index (χ1v) is 12.6. The number of hydrogen-bond donors (Lipinski definition) is 0. The number of hydrogen-bond acceptors (Lipinski definition) is 5. The fourth-order valence-electron chi connectivity index (χ4n) is 6.01. The van der Waals surface area contributed by atoms with Crippen LogP contribution < -0.4 is 0 Å². The number of halogens is 3. The number of aromatic nitrogens is 1. The number of carbonyl (C=O) groups is 2. The molecule has 3 heterocycles. The van der Waals surface area contributed by atoms with E-state index in [9.17, 15) is 22.8 Å². The summed E-state index contributed by atoms with van der Waals surface area (Å²) < 4.78 is 50.2. The highest BCUT2D eigenvalue weighted by atomic mass is 19.4. The Balaban J connectivity index is 1.14. The van der Waals surface area contributed by atoms with Crippen LogP contribution in [-0.4, -0.2) is 53.7 Å². The molecule has 6 rings (SSSR count). The van der Waals surface area contributed by atoms with Crippen molar-refractivity contribution >= 4 is 11.9 Å². The van der Waals surface area contributed by atoms with E-state index in [-0.39, 0.29) is 49.3 Å². The molecule has 38 heavy (non-hydrogen) atoms. The van der Waals surface area contributed by atoms with E-state index in [2.05, 4.69) is 29.2 Å². The summed E-state index contributed by atoms with van der Waals surface area (Å²) >= 11 is 0. The lowest BCUT2D eigenvalue weighted by Crippen LogP contribution is -2.60. The summed E-state index contributed by atoms with van der Waals surface area (Å²) in [5.41, 5.74) is 3.63. The summed E-state index contributed by atoms with van der Waals surface area (Å²) in [6, 6.07) is 17.5. The molecule has 1 amide bonds. The van der Waals surface area contributed by atoms with Gasteiger partial charge in [-0.1, -0.05) is 48.5 Å². The molecule has 2 saturated heterocycles. The first kappa shape index (κ1) is 24.6. The number of pyridine rings is 1. The molecule has 2 bridgehead atoms. The largest absolute Gasteiger partial charge is 0.448 e. The maximum atomic E-state index is 13.3. The molecule has 0 saturated carbocycles. The zero-order valence-corrected chi connectivity index (χ0v) is 20.4. The van der Waals surface area contributed by atoms with Crippen LogP contribution >= 0.6 is 0 Å². The number of benzene rings is 2. The molecule has 2 aromatic carbocycles. The number of nitrogens with zero attached hydrogens (tertiary/aromatic N) is 2. The molecule has 2 aliphatic heterocycles. The van der Waals surface area contributed by atoms with E-state index in [1.807, 2.05) is 24.3 Å². The van der Waals surface area contributed by atoms with E-state index in [4.69, 9.17) is 9.47 Å². The summed E-state index contributed by atoms with van der Waals surface area (Å²) in [6.07, 6.45) is -3.60. The van der Waals surface area contributed by atoms with Gasteiger partial charge < -0.3 is 9.47 Å². The lowest BCUT2D eigenvalue weighted by molar-refractivity contribution is -0.137. The number of fused-ring (bicyclic) bond motifs is 5. The van der Waals surface area contributed by atoms with Gasteiger partial charge in [0.2, 0.25) is 0 Å². The summed E-state index contributed by atoms with van der Waals surface area (Å²) in [5, 5.41) is 0. The van der Waals surface area contributed by atoms with Gasteiger partial charge >= 0.3 is 12.3 Å². The van der Waals surface area contributed by atoms with Crippen molar-refractivity contribution in [2.45, 2.75) is 37.0 Å². The van der Waals surface area contributed by atoms with Crippen LogP contribution in [0.5, 0.6) is 0 Å². The lowest BCUT2D eigenvalue weighted by Gasteiger charge is -2.47. The predicted octanol–water partition coefficient (Wildman–Crippen LogP) is 5.71. The minimum atomic E-state index is -4.52. The molecule has 2 unspecified atom stereocenters. The molecule has 196 valence electrons. The van der Waals surface area contributed by atoms with Gasteiger partial charge in [0, 0.05) is 18.0 Å². The van der Waals surface area contributed by atoms with Crippen molar-refractivity contribution in [1.29, 1.82) is 0 Å². The summed E-state index contributed by atoms with van der Waals surface area (Å²) in [7, 11) is 0. The number of Topliss-reactive ketones (excluding diaryl/α,β-unsaturated/α-hetero) is 1. The van der Waals surface area contributed by atoms with Gasteiger partial charge in [0.15, 0.2) is 5.78 Å². The van der Waals surface area contributed by atoms with Crippen molar-refractivity contribution in [3.8, 4) is 11.1 Å². The first-order chi connectivity index (χ1) is 18.3. The summed E-state index contributed by atoms with van der Waals surface area (Å²) in [6.45, 7) is 0.733. The van der Waals surface area contributed by atoms with Gasteiger partial charge in [-0.05, 0) is 47.2 Å². The molecule has 3 aliphatic rings. The minimum absolute atomic E-state index is 0.00316. The molecule has 6 nitrogen and oxygen atoms in total. The predicted molar refractivity (Wildman–Crippen MR) is 132 cm³/mol. The fraction of sp³-hybridized carbons (Fsp3) is 0.345. The van der Waals surface area contributed by atoms with Gasteiger partial charge in [-0.15, -0.1) is 0 Å². The van der Waals surface area contributed by atoms with Gasteiger partial charge in [-0.25, -0.2) is 4.79 Å². The lowest BCUT2D eigenvalue weighted by atomic mass is 9.81. The number of ketones is 1. The van der Waals surface area contributed by atoms with E-state index in [0.29, 0.717) is 19.0 Å². The van der Waals surface area contributed by atoms with Crippen LogP contribution in [-0.2, 0) is 15.7 Å². The quantitative estimate of drug-likeness (QED) is 0.411. The highest BCUT2D eigenvalue weighted by Gasteiger charge is 2.45. The van der Waals surface area contributed by atoms with Crippen molar-refractivity contribution in [2.24, 2.45) is 5.92 Å². The molecule has 1 aliphatic carbocycles. The Kier molecular flexibility index (Phi) is 6.18. The minimum Gasteiger partial charge on any atom is -0.448 e. The number of piperidine rings is 1. The smallest absolute Gasteiger partial charge is 0.417 e. The van der Waals surface area contributed by atoms with Crippen molar-refractivity contribution in [3.05, 3.63) is 89.2 Å². The molecular weight excluding hydrogens is 497 g/mol. The average molecular weight is 523 g/mol. The van der Waals surface area contributed by atoms with Crippen LogP contribution in [0.15, 0.2) is 66.9 Å². The van der Waals surface area contributed by atoms with Gasteiger partial charge in [-0.2, -0.15) is 13.2 Å². The van der Waals surface area contributed by atoms with Gasteiger partial charge in [0.05, 0.1) is 30.9 Å². The average Bonchev–Trinajstić information content (AvgIpc) is 3.24. The maximum absolute atomic E-state index is 13.3. The highest BCUT2D eigenvalue weighted by Crippen LogP contribution is 2.45. The normalized spacial score (nSPS) is 22.5. The molecule has 2 atom stereocenters. The third kappa shape index (κ3) is 4.34. The fourth-order valence-corrected chi connectivity index (χ4v) is 6.01. The van der Waals surface area contributed by atoms with Gasteiger partial charge in [0.1, 0.15) is 12.3 Å². The number of rotatable bonds is 4. The number of amides is 1. The maximum Gasteiger partial charge on any atom is 0.417 e. The van der Waals surface area contributed by atoms with E-state index in [1.54, 1.807) is 4.90 Å². The van der Waals surface area contributed by atoms with Crippen LogP contribution in [0.2, 0.25) is 0 Å². The Hall–Kier alpha value is -3.72. The number of ether oxygens (including phenoxy) is 2. The molecule has 3 aromatic rings. The number of carbonyl (C=O) groups excluding carboxylic acids is 2. The van der Waals surface area contributed by atoms with Crippen molar-refractivity contribution in [2.75, 3.05) is 19.8 Å². The van der Waals surface area contributed by atoms with Gasteiger partial charge in [0.25, 0.3) is 0 Å². The summed E-state index contributed by atoms with van der Waals surface area (Å²) in [5.74, 6) is -0.842. The zero-order chi connectivity index (χ0) is 26.4. The monoisotopic (exact) mass is 522 g/mol. The van der Waals surface area contributed by atoms with E-state index in [0.717, 1.165) is 34.4 Å². The molecule has 1 aromatic heterocycles. The third-order valence-corrected chi connectivity index (χ3v) is 7.78. The molecule has 0 N–H and O–H groups in total.